The molecule has 0 amide bonds. The van der Waals surface area contributed by atoms with E-state index >= 15 is 0 Å². The van der Waals surface area contributed by atoms with Crippen molar-refractivity contribution in [1.29, 1.82) is 0 Å². The maximum absolute atomic E-state index is 3.71. The molecule has 2 unspecified atom stereocenters. The van der Waals surface area contributed by atoms with Crippen LogP contribution in [0.25, 0.3) is 0 Å². The van der Waals surface area contributed by atoms with Gasteiger partial charge in [-0.3, -0.25) is 0 Å². The Morgan fingerprint density at radius 2 is 1.65 bits per heavy atom. The van der Waals surface area contributed by atoms with Crippen LogP contribution in [-0.4, -0.2) is 6.04 Å². The topological polar surface area (TPSA) is 12.0 Å². The van der Waals surface area contributed by atoms with Gasteiger partial charge in [-0.2, -0.15) is 0 Å². The van der Waals surface area contributed by atoms with Gasteiger partial charge in [0.25, 0.3) is 0 Å². The third-order valence-corrected chi connectivity index (χ3v) is 4.53. The highest BCUT2D eigenvalue weighted by atomic mass is 15.0. The lowest BCUT2D eigenvalue weighted by atomic mass is 10.0. The molecule has 1 nitrogen and oxygen atoms in total. The van der Waals surface area contributed by atoms with Gasteiger partial charge in [0, 0.05) is 18.5 Å². The van der Waals surface area contributed by atoms with Crippen LogP contribution in [0.2, 0.25) is 0 Å². The van der Waals surface area contributed by atoms with E-state index in [2.05, 4.69) is 68.6 Å². The Balaban J connectivity index is 1.61. The Bertz CT molecular complexity index is 601. The minimum atomic E-state index is 0.651. The molecule has 0 saturated heterocycles. The fourth-order valence-corrected chi connectivity index (χ4v) is 2.94. The molecule has 2 aromatic carbocycles. The smallest absolute Gasteiger partial charge is 0.0211 e. The Labute approximate surface area is 122 Å². The molecule has 0 bridgehead atoms. The van der Waals surface area contributed by atoms with Gasteiger partial charge in [0.05, 0.1) is 0 Å². The van der Waals surface area contributed by atoms with E-state index in [1.165, 1.54) is 34.2 Å². The third kappa shape index (κ3) is 2.78. The molecule has 20 heavy (non-hydrogen) atoms. The highest BCUT2D eigenvalue weighted by molar-refractivity contribution is 5.36. The van der Waals surface area contributed by atoms with Gasteiger partial charge in [0.2, 0.25) is 0 Å². The Morgan fingerprint density at radius 3 is 2.40 bits per heavy atom. The highest BCUT2D eigenvalue weighted by Crippen LogP contribution is 2.40. The fourth-order valence-electron chi connectivity index (χ4n) is 2.94. The third-order valence-electron chi connectivity index (χ3n) is 4.53. The van der Waals surface area contributed by atoms with E-state index in [1.807, 2.05) is 0 Å². The first-order valence-electron chi connectivity index (χ1n) is 7.50. The number of aryl methyl sites for hydroxylation is 3. The lowest BCUT2D eigenvalue weighted by molar-refractivity contribution is 0.670. The summed E-state index contributed by atoms with van der Waals surface area (Å²) >= 11 is 0. The second kappa shape index (κ2) is 5.41. The van der Waals surface area contributed by atoms with E-state index in [0.717, 1.165) is 6.54 Å². The second-order valence-electron chi connectivity index (χ2n) is 6.10. The molecular weight excluding hydrogens is 242 g/mol. The molecule has 104 valence electrons. The van der Waals surface area contributed by atoms with Crippen molar-refractivity contribution in [2.45, 2.75) is 45.7 Å². The second-order valence-corrected chi connectivity index (χ2v) is 6.10. The SMILES string of the molecule is Cc1cc(C)c(CNC2CC2c2ccccc2)cc1C. The number of hydrogen-bond donors (Lipinski definition) is 1. The molecule has 2 aromatic rings. The first kappa shape index (κ1) is 13.4. The first-order valence-corrected chi connectivity index (χ1v) is 7.50. The normalized spacial score (nSPS) is 20.9. The monoisotopic (exact) mass is 265 g/mol. The van der Waals surface area contributed by atoms with Gasteiger partial charge < -0.3 is 5.32 Å². The molecule has 1 fully saturated rings. The zero-order chi connectivity index (χ0) is 14.1. The molecule has 1 heteroatoms. The van der Waals surface area contributed by atoms with Crippen LogP contribution in [0.5, 0.6) is 0 Å². The average molecular weight is 265 g/mol. The Hall–Kier alpha value is -1.60. The fraction of sp³-hybridized carbons (Fsp3) is 0.368. The van der Waals surface area contributed by atoms with E-state index < -0.39 is 0 Å². The lowest BCUT2D eigenvalue weighted by Gasteiger charge is -2.11. The van der Waals surface area contributed by atoms with E-state index in [0.29, 0.717) is 12.0 Å². The molecule has 1 saturated carbocycles. The van der Waals surface area contributed by atoms with Gasteiger partial charge in [-0.25, -0.2) is 0 Å². The minimum Gasteiger partial charge on any atom is -0.309 e. The van der Waals surface area contributed by atoms with Crippen molar-refractivity contribution in [3.63, 3.8) is 0 Å². The number of hydrogen-bond acceptors (Lipinski definition) is 1. The zero-order valence-corrected chi connectivity index (χ0v) is 12.6. The summed E-state index contributed by atoms with van der Waals surface area (Å²) in [5.41, 5.74) is 7.09. The Kier molecular flexibility index (Phi) is 3.62. The van der Waals surface area contributed by atoms with Crippen molar-refractivity contribution < 1.29 is 0 Å². The molecule has 2 atom stereocenters. The molecule has 0 aromatic heterocycles. The van der Waals surface area contributed by atoms with Crippen molar-refractivity contribution in [3.05, 3.63) is 70.3 Å². The van der Waals surface area contributed by atoms with E-state index in [4.69, 9.17) is 0 Å². The van der Waals surface area contributed by atoms with E-state index in [1.54, 1.807) is 0 Å². The number of rotatable bonds is 4. The molecule has 1 aliphatic rings. The summed E-state index contributed by atoms with van der Waals surface area (Å²) in [4.78, 5) is 0. The highest BCUT2D eigenvalue weighted by Gasteiger charge is 2.37. The maximum Gasteiger partial charge on any atom is 0.0211 e. The van der Waals surface area contributed by atoms with Gasteiger partial charge in [0.1, 0.15) is 0 Å². The summed E-state index contributed by atoms with van der Waals surface area (Å²) < 4.78 is 0. The van der Waals surface area contributed by atoms with Crippen molar-refractivity contribution in [3.8, 4) is 0 Å². The minimum absolute atomic E-state index is 0.651. The van der Waals surface area contributed by atoms with Crippen LogP contribution in [0.4, 0.5) is 0 Å². The van der Waals surface area contributed by atoms with Gasteiger partial charge in [-0.15, -0.1) is 0 Å². The van der Waals surface area contributed by atoms with Crippen LogP contribution in [0.15, 0.2) is 42.5 Å². The summed E-state index contributed by atoms with van der Waals surface area (Å²) in [7, 11) is 0. The zero-order valence-electron chi connectivity index (χ0n) is 12.6. The summed E-state index contributed by atoms with van der Waals surface area (Å²) in [6, 6.07) is 16.1. The molecule has 3 rings (SSSR count). The van der Waals surface area contributed by atoms with Crippen molar-refractivity contribution in [2.24, 2.45) is 0 Å². The van der Waals surface area contributed by atoms with Gasteiger partial charge >= 0.3 is 0 Å². The molecule has 1 N–H and O–H groups in total. The van der Waals surface area contributed by atoms with Crippen LogP contribution in [0.1, 0.15) is 40.2 Å². The van der Waals surface area contributed by atoms with Gasteiger partial charge in [-0.1, -0.05) is 42.5 Å². The van der Waals surface area contributed by atoms with Gasteiger partial charge in [-0.05, 0) is 55.0 Å². The number of benzene rings is 2. The van der Waals surface area contributed by atoms with Crippen LogP contribution >= 0.6 is 0 Å². The summed E-state index contributed by atoms with van der Waals surface area (Å²) in [6.45, 7) is 7.58. The largest absolute Gasteiger partial charge is 0.309 e. The summed E-state index contributed by atoms with van der Waals surface area (Å²) in [5, 5.41) is 3.71. The lowest BCUT2D eigenvalue weighted by Crippen LogP contribution is -2.18. The van der Waals surface area contributed by atoms with Crippen molar-refractivity contribution in [1.82, 2.24) is 5.32 Å². The van der Waals surface area contributed by atoms with Gasteiger partial charge in [0.15, 0.2) is 0 Å². The summed E-state index contributed by atoms with van der Waals surface area (Å²) in [5.74, 6) is 0.711. The average Bonchev–Trinajstić information content (AvgIpc) is 3.22. The van der Waals surface area contributed by atoms with Crippen LogP contribution in [-0.2, 0) is 6.54 Å². The molecular formula is C19H23N. The first-order chi connectivity index (χ1) is 9.65. The molecule has 1 aliphatic carbocycles. The van der Waals surface area contributed by atoms with Crippen LogP contribution in [0.3, 0.4) is 0 Å². The quantitative estimate of drug-likeness (QED) is 0.871. The maximum atomic E-state index is 3.71. The van der Waals surface area contributed by atoms with Crippen LogP contribution in [0, 0.1) is 20.8 Å². The predicted molar refractivity (Wildman–Crippen MR) is 85.1 cm³/mol. The molecule has 0 aliphatic heterocycles. The van der Waals surface area contributed by atoms with E-state index in [9.17, 15) is 0 Å². The number of nitrogens with one attached hydrogen (secondary N) is 1. The van der Waals surface area contributed by atoms with E-state index in [-0.39, 0.29) is 0 Å². The van der Waals surface area contributed by atoms with Crippen LogP contribution < -0.4 is 5.32 Å². The summed E-state index contributed by atoms with van der Waals surface area (Å²) in [6.07, 6.45) is 1.27. The standard InChI is InChI=1S/C19H23N/c1-13-9-15(3)17(10-14(13)2)12-20-19-11-18(19)16-7-5-4-6-8-16/h4-10,18-20H,11-12H2,1-3H3. The Morgan fingerprint density at radius 1 is 0.950 bits per heavy atom. The molecule has 0 radical (unpaired) electrons. The molecule has 0 spiro atoms. The van der Waals surface area contributed by atoms with Crippen molar-refractivity contribution in [2.75, 3.05) is 0 Å². The predicted octanol–water partition coefficient (Wildman–Crippen LogP) is 4.26. The molecule has 0 heterocycles. The van der Waals surface area contributed by atoms with Crippen molar-refractivity contribution >= 4 is 0 Å².